The van der Waals surface area contributed by atoms with Crippen molar-refractivity contribution in [2.45, 2.75) is 30.4 Å². The second-order valence-corrected chi connectivity index (χ2v) is 7.43. The molecule has 0 saturated carbocycles. The van der Waals surface area contributed by atoms with Crippen LogP contribution < -0.4 is 0 Å². The number of benzene rings is 1. The Kier molecular flexibility index (Phi) is 4.03. The van der Waals surface area contributed by atoms with Gasteiger partial charge in [0.2, 0.25) is 11.8 Å². The predicted octanol–water partition coefficient (Wildman–Crippen LogP) is 4.06. The smallest absolute Gasteiger partial charge is 0.247 e. The van der Waals surface area contributed by atoms with Crippen molar-refractivity contribution >= 4 is 23.1 Å². The maximum absolute atomic E-state index is 5.78. The minimum atomic E-state index is 0.0448. The molecule has 2 heterocycles. The van der Waals surface area contributed by atoms with Gasteiger partial charge in [0.05, 0.1) is 5.25 Å². The molecule has 0 unspecified atom stereocenters. The van der Waals surface area contributed by atoms with E-state index in [1.54, 1.807) is 23.1 Å². The molecule has 0 aliphatic carbocycles. The Morgan fingerprint density at radius 2 is 2.00 bits per heavy atom. The fraction of sp³-hybridized carbons (Fsp3) is 0.286. The van der Waals surface area contributed by atoms with Crippen LogP contribution in [0, 0.1) is 13.8 Å². The highest BCUT2D eigenvalue weighted by molar-refractivity contribution is 8.01. The molecule has 0 aliphatic rings. The maximum atomic E-state index is 5.78. The zero-order valence-corrected chi connectivity index (χ0v) is 13.5. The number of aryl methyl sites for hydroxylation is 2. The van der Waals surface area contributed by atoms with Gasteiger partial charge >= 0.3 is 0 Å². The summed E-state index contributed by atoms with van der Waals surface area (Å²) in [6.07, 6.45) is 0. The largest absolute Gasteiger partial charge is 0.419 e. The molecule has 108 valence electrons. The van der Waals surface area contributed by atoms with E-state index in [1.807, 2.05) is 45.0 Å². The topological polar surface area (TPSA) is 64.7 Å². The summed E-state index contributed by atoms with van der Waals surface area (Å²) in [6.45, 7) is 6.00. The van der Waals surface area contributed by atoms with Gasteiger partial charge in [0.25, 0.3) is 0 Å². The first-order chi connectivity index (χ1) is 10.1. The van der Waals surface area contributed by atoms with Crippen LogP contribution >= 0.6 is 23.1 Å². The lowest BCUT2D eigenvalue weighted by Gasteiger charge is -2.02. The second kappa shape index (κ2) is 5.95. The molecule has 0 radical (unpaired) electrons. The molecule has 21 heavy (non-hydrogen) atoms. The molecule has 3 aromatic rings. The number of hydrogen-bond acceptors (Lipinski definition) is 7. The molecule has 0 bridgehead atoms. The maximum Gasteiger partial charge on any atom is 0.247 e. The van der Waals surface area contributed by atoms with Gasteiger partial charge in [0.15, 0.2) is 4.34 Å². The van der Waals surface area contributed by atoms with E-state index in [0.29, 0.717) is 11.8 Å². The van der Waals surface area contributed by atoms with E-state index in [2.05, 4.69) is 20.4 Å². The number of aromatic nitrogens is 4. The van der Waals surface area contributed by atoms with Crippen molar-refractivity contribution in [3.8, 4) is 11.5 Å². The molecular formula is C14H14N4OS2. The number of nitrogens with zero attached hydrogens (tertiary/aromatic N) is 4. The molecule has 2 aromatic heterocycles. The van der Waals surface area contributed by atoms with Crippen molar-refractivity contribution in [2.24, 2.45) is 0 Å². The van der Waals surface area contributed by atoms with E-state index >= 15 is 0 Å². The van der Waals surface area contributed by atoms with Crippen LogP contribution in [0.3, 0.4) is 0 Å². The van der Waals surface area contributed by atoms with Crippen LogP contribution in [0.15, 0.2) is 33.0 Å². The van der Waals surface area contributed by atoms with Gasteiger partial charge in [-0.25, -0.2) is 0 Å². The van der Waals surface area contributed by atoms with Crippen molar-refractivity contribution in [3.63, 3.8) is 0 Å². The first-order valence-corrected chi connectivity index (χ1v) is 8.18. The fourth-order valence-corrected chi connectivity index (χ4v) is 3.81. The van der Waals surface area contributed by atoms with Crippen LogP contribution in [-0.2, 0) is 0 Å². The Morgan fingerprint density at radius 1 is 1.14 bits per heavy atom. The van der Waals surface area contributed by atoms with Gasteiger partial charge in [-0.1, -0.05) is 40.8 Å². The number of thioether (sulfide) groups is 1. The van der Waals surface area contributed by atoms with Crippen LogP contribution in [-0.4, -0.2) is 20.4 Å². The molecule has 0 N–H and O–H groups in total. The predicted molar refractivity (Wildman–Crippen MR) is 83.4 cm³/mol. The van der Waals surface area contributed by atoms with Gasteiger partial charge in [-0.3, -0.25) is 0 Å². The zero-order valence-electron chi connectivity index (χ0n) is 11.9. The highest BCUT2D eigenvalue weighted by Crippen LogP contribution is 2.36. The first kappa shape index (κ1) is 14.2. The minimum Gasteiger partial charge on any atom is -0.419 e. The highest BCUT2D eigenvalue weighted by atomic mass is 32.2. The van der Waals surface area contributed by atoms with Crippen molar-refractivity contribution in [1.82, 2.24) is 20.4 Å². The quantitative estimate of drug-likeness (QED) is 0.676. The van der Waals surface area contributed by atoms with E-state index < -0.39 is 0 Å². The Hall–Kier alpha value is -1.73. The summed E-state index contributed by atoms with van der Waals surface area (Å²) >= 11 is 3.14. The standard InChI is InChI=1S/C14H14N4OS2/c1-8-5-4-6-11(7-8)13-17-16-12(19-13)9(2)20-14-18-15-10(3)21-14/h4-7,9H,1-3H3/t9-/m0/s1. The van der Waals surface area contributed by atoms with Gasteiger partial charge < -0.3 is 4.42 Å². The summed E-state index contributed by atoms with van der Waals surface area (Å²) in [5.41, 5.74) is 2.11. The van der Waals surface area contributed by atoms with Crippen LogP contribution in [0.1, 0.15) is 28.6 Å². The van der Waals surface area contributed by atoms with Crippen LogP contribution in [0.4, 0.5) is 0 Å². The SMILES string of the molecule is Cc1cccc(-c2nnc([C@H](C)Sc3nnc(C)s3)o2)c1. The summed E-state index contributed by atoms with van der Waals surface area (Å²) < 4.78 is 6.69. The third-order valence-electron chi connectivity index (χ3n) is 2.84. The lowest BCUT2D eigenvalue weighted by molar-refractivity contribution is 0.509. The van der Waals surface area contributed by atoms with E-state index in [-0.39, 0.29) is 5.25 Å². The highest BCUT2D eigenvalue weighted by Gasteiger charge is 2.18. The van der Waals surface area contributed by atoms with Crippen molar-refractivity contribution in [1.29, 1.82) is 0 Å². The minimum absolute atomic E-state index is 0.0448. The van der Waals surface area contributed by atoms with Crippen LogP contribution in [0.25, 0.3) is 11.5 Å². The molecule has 1 aromatic carbocycles. The van der Waals surface area contributed by atoms with E-state index in [9.17, 15) is 0 Å². The molecule has 0 amide bonds. The molecule has 1 atom stereocenters. The molecular weight excluding hydrogens is 304 g/mol. The summed E-state index contributed by atoms with van der Waals surface area (Å²) in [4.78, 5) is 0. The van der Waals surface area contributed by atoms with E-state index in [0.717, 1.165) is 14.9 Å². The molecule has 0 spiro atoms. The van der Waals surface area contributed by atoms with E-state index in [4.69, 9.17) is 4.42 Å². The van der Waals surface area contributed by atoms with Gasteiger partial charge in [-0.05, 0) is 32.9 Å². The lowest BCUT2D eigenvalue weighted by atomic mass is 10.1. The third-order valence-corrected chi connectivity index (χ3v) is 4.85. The molecule has 7 heteroatoms. The van der Waals surface area contributed by atoms with Crippen LogP contribution in [0.5, 0.6) is 0 Å². The average Bonchev–Trinajstić information content (AvgIpc) is 3.08. The Bertz CT molecular complexity index is 753. The molecule has 0 saturated heterocycles. The Balaban J connectivity index is 1.78. The lowest BCUT2D eigenvalue weighted by Crippen LogP contribution is -1.88. The van der Waals surface area contributed by atoms with Gasteiger partial charge in [0, 0.05) is 5.56 Å². The van der Waals surface area contributed by atoms with E-state index in [1.165, 1.54) is 5.56 Å². The summed E-state index contributed by atoms with van der Waals surface area (Å²) in [5.74, 6) is 1.15. The van der Waals surface area contributed by atoms with Crippen molar-refractivity contribution in [2.75, 3.05) is 0 Å². The fourth-order valence-electron chi connectivity index (χ4n) is 1.82. The summed E-state index contributed by atoms with van der Waals surface area (Å²) in [7, 11) is 0. The number of hydrogen-bond donors (Lipinski definition) is 0. The van der Waals surface area contributed by atoms with Crippen molar-refractivity contribution in [3.05, 3.63) is 40.7 Å². The summed E-state index contributed by atoms with van der Waals surface area (Å²) in [6, 6.07) is 8.02. The third kappa shape index (κ3) is 3.30. The van der Waals surface area contributed by atoms with Gasteiger partial charge in [-0.2, -0.15) is 0 Å². The summed E-state index contributed by atoms with van der Waals surface area (Å²) in [5, 5.41) is 17.4. The monoisotopic (exact) mass is 318 g/mol. The van der Waals surface area contributed by atoms with Crippen LogP contribution in [0.2, 0.25) is 0 Å². The normalized spacial score (nSPS) is 12.5. The first-order valence-electron chi connectivity index (χ1n) is 6.49. The second-order valence-electron chi connectivity index (χ2n) is 4.66. The Labute approximate surface area is 130 Å². The molecule has 3 rings (SSSR count). The average molecular weight is 318 g/mol. The van der Waals surface area contributed by atoms with Gasteiger partial charge in [-0.15, -0.1) is 20.4 Å². The molecule has 5 nitrogen and oxygen atoms in total. The van der Waals surface area contributed by atoms with Crippen molar-refractivity contribution < 1.29 is 4.42 Å². The number of rotatable bonds is 4. The zero-order chi connectivity index (χ0) is 14.8. The van der Waals surface area contributed by atoms with Gasteiger partial charge in [0.1, 0.15) is 5.01 Å². The Morgan fingerprint density at radius 3 is 2.71 bits per heavy atom. The molecule has 0 fully saturated rings. The molecule has 0 aliphatic heterocycles.